The molecule has 2 atom stereocenters. The Bertz CT molecular complexity index is 391. The van der Waals surface area contributed by atoms with Crippen LogP contribution in [0.3, 0.4) is 0 Å². The van der Waals surface area contributed by atoms with Gasteiger partial charge in [-0.15, -0.1) is 24.8 Å². The van der Waals surface area contributed by atoms with E-state index in [2.05, 4.69) is 5.32 Å². The summed E-state index contributed by atoms with van der Waals surface area (Å²) in [6.07, 6.45) is 0. The normalized spacial score (nSPS) is 13.1. The molecular formula is C15H27Cl2N3O. The molecule has 1 rings (SSSR count). The second-order valence-corrected chi connectivity index (χ2v) is 5.41. The fourth-order valence-corrected chi connectivity index (χ4v) is 2.27. The van der Waals surface area contributed by atoms with Gasteiger partial charge in [0.2, 0.25) is 5.91 Å². The summed E-state index contributed by atoms with van der Waals surface area (Å²) in [5, 5.41) is 2.94. The molecule has 0 heterocycles. The molecule has 122 valence electrons. The second-order valence-electron chi connectivity index (χ2n) is 5.41. The lowest BCUT2D eigenvalue weighted by atomic mass is 10.0. The van der Waals surface area contributed by atoms with Gasteiger partial charge in [-0.1, -0.05) is 44.2 Å². The number of halogens is 2. The number of benzene rings is 1. The molecule has 0 radical (unpaired) electrons. The van der Waals surface area contributed by atoms with Gasteiger partial charge in [-0.05, 0) is 25.6 Å². The minimum absolute atomic E-state index is 0. The lowest BCUT2D eigenvalue weighted by Crippen LogP contribution is -2.48. The first-order valence-corrected chi connectivity index (χ1v) is 6.68. The zero-order chi connectivity index (χ0) is 14.4. The average Bonchev–Trinajstić information content (AvgIpc) is 2.36. The molecule has 0 aliphatic carbocycles. The van der Waals surface area contributed by atoms with Crippen LogP contribution in [0.15, 0.2) is 30.3 Å². The lowest BCUT2D eigenvalue weighted by molar-refractivity contribution is -0.127. The third kappa shape index (κ3) is 7.14. The zero-order valence-corrected chi connectivity index (χ0v) is 14.7. The number of amides is 1. The van der Waals surface area contributed by atoms with Crippen molar-refractivity contribution >= 4 is 30.7 Å². The Kier molecular flexibility index (Phi) is 11.6. The standard InChI is InChI=1S/C15H25N3O.2ClH/c1-11(2)14(18(3)4)15(19)17-10-13(16)12-8-6-5-7-9-12;;/h5-9,11,13-14H,10,16H2,1-4H3,(H,17,19);2*1H. The maximum absolute atomic E-state index is 12.2. The van der Waals surface area contributed by atoms with Gasteiger partial charge in [0.15, 0.2) is 0 Å². The number of nitrogens with zero attached hydrogens (tertiary/aromatic N) is 1. The van der Waals surface area contributed by atoms with Gasteiger partial charge >= 0.3 is 0 Å². The Hall–Kier alpha value is -0.810. The molecule has 1 amide bonds. The Morgan fingerprint density at radius 3 is 2.14 bits per heavy atom. The van der Waals surface area contributed by atoms with Crippen LogP contribution in [0.2, 0.25) is 0 Å². The highest BCUT2D eigenvalue weighted by atomic mass is 35.5. The molecule has 4 nitrogen and oxygen atoms in total. The molecule has 1 aromatic carbocycles. The number of nitrogens with two attached hydrogens (primary N) is 1. The molecule has 0 aromatic heterocycles. The summed E-state index contributed by atoms with van der Waals surface area (Å²) in [5.74, 6) is 0.300. The molecule has 6 heteroatoms. The molecule has 1 aromatic rings. The second kappa shape index (κ2) is 10.9. The van der Waals surface area contributed by atoms with Crippen molar-refractivity contribution in [2.75, 3.05) is 20.6 Å². The number of carbonyl (C=O) groups is 1. The smallest absolute Gasteiger partial charge is 0.237 e. The van der Waals surface area contributed by atoms with Crippen LogP contribution in [-0.4, -0.2) is 37.5 Å². The third-order valence-electron chi connectivity index (χ3n) is 3.18. The van der Waals surface area contributed by atoms with Crippen LogP contribution in [0.1, 0.15) is 25.5 Å². The van der Waals surface area contributed by atoms with Gasteiger partial charge in [0.05, 0.1) is 6.04 Å². The fraction of sp³-hybridized carbons (Fsp3) is 0.533. The van der Waals surface area contributed by atoms with Crippen LogP contribution in [0.4, 0.5) is 0 Å². The van der Waals surface area contributed by atoms with Crippen molar-refractivity contribution in [2.24, 2.45) is 11.7 Å². The van der Waals surface area contributed by atoms with E-state index in [-0.39, 0.29) is 48.7 Å². The molecule has 0 saturated heterocycles. The predicted molar refractivity (Wildman–Crippen MR) is 93.2 cm³/mol. The molecule has 0 saturated carbocycles. The Balaban J connectivity index is 0. The molecule has 0 spiro atoms. The first-order chi connectivity index (χ1) is 8.93. The van der Waals surface area contributed by atoms with E-state index in [9.17, 15) is 4.79 Å². The maximum atomic E-state index is 12.2. The van der Waals surface area contributed by atoms with Gasteiger partial charge < -0.3 is 11.1 Å². The van der Waals surface area contributed by atoms with Crippen molar-refractivity contribution < 1.29 is 4.79 Å². The molecule has 21 heavy (non-hydrogen) atoms. The first kappa shape index (κ1) is 22.5. The minimum Gasteiger partial charge on any atom is -0.353 e. The number of likely N-dealkylation sites (N-methyl/N-ethyl adjacent to an activating group) is 1. The quantitative estimate of drug-likeness (QED) is 0.838. The molecule has 3 N–H and O–H groups in total. The molecule has 0 aliphatic heterocycles. The fourth-order valence-electron chi connectivity index (χ4n) is 2.27. The maximum Gasteiger partial charge on any atom is 0.237 e. The summed E-state index contributed by atoms with van der Waals surface area (Å²) < 4.78 is 0. The van der Waals surface area contributed by atoms with E-state index in [1.54, 1.807) is 0 Å². The topological polar surface area (TPSA) is 58.4 Å². The summed E-state index contributed by atoms with van der Waals surface area (Å²) >= 11 is 0. The highest BCUT2D eigenvalue weighted by Crippen LogP contribution is 2.10. The van der Waals surface area contributed by atoms with Gasteiger partial charge in [0.1, 0.15) is 0 Å². The summed E-state index contributed by atoms with van der Waals surface area (Å²) in [7, 11) is 3.84. The molecule has 0 aliphatic rings. The van der Waals surface area contributed by atoms with Crippen LogP contribution in [0.5, 0.6) is 0 Å². The van der Waals surface area contributed by atoms with Gasteiger partial charge in [-0.25, -0.2) is 0 Å². The Morgan fingerprint density at radius 2 is 1.71 bits per heavy atom. The van der Waals surface area contributed by atoms with Crippen LogP contribution in [-0.2, 0) is 4.79 Å². The van der Waals surface area contributed by atoms with Crippen LogP contribution < -0.4 is 11.1 Å². The van der Waals surface area contributed by atoms with Crippen molar-refractivity contribution in [3.8, 4) is 0 Å². The van der Waals surface area contributed by atoms with Crippen molar-refractivity contribution in [1.29, 1.82) is 0 Å². The molecule has 0 bridgehead atoms. The Morgan fingerprint density at radius 1 is 1.19 bits per heavy atom. The van der Waals surface area contributed by atoms with E-state index in [1.165, 1.54) is 0 Å². The van der Waals surface area contributed by atoms with Gasteiger partial charge in [-0.3, -0.25) is 9.69 Å². The lowest BCUT2D eigenvalue weighted by Gasteiger charge is -2.27. The first-order valence-electron chi connectivity index (χ1n) is 6.68. The van der Waals surface area contributed by atoms with E-state index in [4.69, 9.17) is 5.73 Å². The SMILES string of the molecule is CC(C)C(C(=O)NCC(N)c1ccccc1)N(C)C.Cl.Cl. The van der Waals surface area contributed by atoms with E-state index in [0.717, 1.165) is 5.56 Å². The summed E-state index contributed by atoms with van der Waals surface area (Å²) in [6, 6.07) is 9.52. The zero-order valence-electron chi connectivity index (χ0n) is 13.1. The van der Waals surface area contributed by atoms with Gasteiger partial charge in [-0.2, -0.15) is 0 Å². The van der Waals surface area contributed by atoms with Crippen LogP contribution >= 0.6 is 24.8 Å². The molecule has 2 unspecified atom stereocenters. The van der Waals surface area contributed by atoms with E-state index in [1.807, 2.05) is 63.2 Å². The van der Waals surface area contributed by atoms with Crippen molar-refractivity contribution in [3.63, 3.8) is 0 Å². The number of rotatable bonds is 6. The summed E-state index contributed by atoms with van der Waals surface area (Å²) in [4.78, 5) is 14.1. The van der Waals surface area contributed by atoms with Crippen LogP contribution in [0.25, 0.3) is 0 Å². The minimum atomic E-state index is -0.167. The highest BCUT2D eigenvalue weighted by molar-refractivity contribution is 5.85. The van der Waals surface area contributed by atoms with E-state index >= 15 is 0 Å². The van der Waals surface area contributed by atoms with Crippen molar-refractivity contribution in [2.45, 2.75) is 25.9 Å². The average molecular weight is 336 g/mol. The van der Waals surface area contributed by atoms with E-state index < -0.39 is 0 Å². The van der Waals surface area contributed by atoms with Gasteiger partial charge in [0, 0.05) is 12.6 Å². The molecular weight excluding hydrogens is 309 g/mol. The third-order valence-corrected chi connectivity index (χ3v) is 3.18. The van der Waals surface area contributed by atoms with Crippen LogP contribution in [0, 0.1) is 5.92 Å². The Labute approximate surface area is 140 Å². The van der Waals surface area contributed by atoms with Crippen molar-refractivity contribution in [1.82, 2.24) is 10.2 Å². The van der Waals surface area contributed by atoms with E-state index in [0.29, 0.717) is 6.54 Å². The largest absolute Gasteiger partial charge is 0.353 e. The highest BCUT2D eigenvalue weighted by Gasteiger charge is 2.24. The number of carbonyl (C=O) groups excluding carboxylic acids is 1. The van der Waals surface area contributed by atoms with Gasteiger partial charge in [0.25, 0.3) is 0 Å². The number of hydrogen-bond acceptors (Lipinski definition) is 3. The predicted octanol–water partition coefficient (Wildman–Crippen LogP) is 2.23. The van der Waals surface area contributed by atoms with Crippen molar-refractivity contribution in [3.05, 3.63) is 35.9 Å². The molecule has 0 fully saturated rings. The summed E-state index contributed by atoms with van der Waals surface area (Å²) in [5.41, 5.74) is 7.10. The number of nitrogens with one attached hydrogen (secondary N) is 1. The monoisotopic (exact) mass is 335 g/mol. The number of hydrogen-bond donors (Lipinski definition) is 2. The summed E-state index contributed by atoms with van der Waals surface area (Å²) in [6.45, 7) is 4.54.